The van der Waals surface area contributed by atoms with E-state index in [9.17, 15) is 5.11 Å². The van der Waals surface area contributed by atoms with E-state index in [1.165, 1.54) is 5.56 Å². The Kier molecular flexibility index (Phi) is 6.68. The number of β-amino-alcohol motifs (C(OH)–C–C–N with tert-alkyl or cyclic N) is 1. The van der Waals surface area contributed by atoms with Crippen molar-refractivity contribution in [3.8, 4) is 0 Å². The van der Waals surface area contributed by atoms with Crippen molar-refractivity contribution in [2.24, 2.45) is 4.99 Å². The number of pyridine rings is 1. The van der Waals surface area contributed by atoms with Gasteiger partial charge in [-0.1, -0.05) is 6.92 Å². The molecular formula is C19H32N6O. The smallest absolute Gasteiger partial charge is 0.194 e. The molecule has 7 nitrogen and oxygen atoms in total. The fourth-order valence-electron chi connectivity index (χ4n) is 3.55. The summed E-state index contributed by atoms with van der Waals surface area (Å²) in [4.78, 5) is 16.3. The van der Waals surface area contributed by atoms with Crippen LogP contribution < -0.4 is 10.2 Å². The van der Waals surface area contributed by atoms with Crippen molar-refractivity contribution in [3.63, 3.8) is 0 Å². The van der Waals surface area contributed by atoms with E-state index in [2.05, 4.69) is 44.9 Å². The van der Waals surface area contributed by atoms with Crippen molar-refractivity contribution in [1.82, 2.24) is 20.1 Å². The van der Waals surface area contributed by atoms with Crippen LogP contribution in [0.5, 0.6) is 0 Å². The molecule has 3 rings (SSSR count). The standard InChI is InChI=1S/C19H32N6O/c1-3-20-19(25-8-6-17(26)15-25)22-14-16-5-7-21-18(13-16)24-11-9-23(4-2)10-12-24/h5,7,13,17,26H,3-4,6,8-12,14-15H2,1-2H3,(H,20,22)/t17-/m1/s1. The van der Waals surface area contributed by atoms with Gasteiger partial charge in [-0.05, 0) is 37.6 Å². The molecule has 144 valence electrons. The van der Waals surface area contributed by atoms with E-state index in [-0.39, 0.29) is 6.10 Å². The maximum Gasteiger partial charge on any atom is 0.194 e. The summed E-state index contributed by atoms with van der Waals surface area (Å²) < 4.78 is 0. The van der Waals surface area contributed by atoms with Gasteiger partial charge >= 0.3 is 0 Å². The van der Waals surface area contributed by atoms with Crippen LogP contribution in [0, 0.1) is 0 Å². The third-order valence-corrected chi connectivity index (χ3v) is 5.16. The number of likely N-dealkylation sites (N-methyl/N-ethyl adjacent to an activating group) is 1. The van der Waals surface area contributed by atoms with Crippen LogP contribution in [-0.2, 0) is 6.54 Å². The molecule has 0 radical (unpaired) electrons. The number of anilines is 1. The molecule has 26 heavy (non-hydrogen) atoms. The number of nitrogens with one attached hydrogen (secondary N) is 1. The SMILES string of the molecule is CCNC(=NCc1ccnc(N2CCN(CC)CC2)c1)N1CC[C@@H](O)C1. The number of nitrogens with zero attached hydrogens (tertiary/aromatic N) is 5. The Balaban J connectivity index is 1.64. The Hall–Kier alpha value is -1.86. The predicted molar refractivity (Wildman–Crippen MR) is 106 cm³/mol. The Morgan fingerprint density at radius 1 is 1.27 bits per heavy atom. The molecule has 0 aromatic carbocycles. The zero-order chi connectivity index (χ0) is 18.4. The van der Waals surface area contributed by atoms with Gasteiger partial charge in [-0.2, -0.15) is 0 Å². The second kappa shape index (κ2) is 9.19. The minimum absolute atomic E-state index is 0.242. The first-order valence-corrected chi connectivity index (χ1v) is 9.83. The number of likely N-dealkylation sites (tertiary alicyclic amines) is 1. The number of guanidine groups is 1. The van der Waals surface area contributed by atoms with E-state index >= 15 is 0 Å². The zero-order valence-electron chi connectivity index (χ0n) is 16.1. The van der Waals surface area contributed by atoms with Gasteiger partial charge < -0.3 is 25.1 Å². The maximum atomic E-state index is 9.78. The van der Waals surface area contributed by atoms with Gasteiger partial charge in [0.15, 0.2) is 5.96 Å². The average molecular weight is 361 g/mol. The van der Waals surface area contributed by atoms with Crippen molar-refractivity contribution in [3.05, 3.63) is 23.9 Å². The predicted octanol–water partition coefficient (Wildman–Crippen LogP) is 0.756. The molecule has 0 spiro atoms. The Bertz CT molecular complexity index is 599. The second-order valence-corrected chi connectivity index (χ2v) is 7.00. The number of aromatic nitrogens is 1. The first kappa shape index (κ1) is 18.9. The summed E-state index contributed by atoms with van der Waals surface area (Å²) in [6.45, 7) is 12.6. The third-order valence-electron chi connectivity index (χ3n) is 5.16. The summed E-state index contributed by atoms with van der Waals surface area (Å²) in [5.41, 5.74) is 1.17. The highest BCUT2D eigenvalue weighted by atomic mass is 16.3. The molecule has 1 aromatic rings. The number of piperazine rings is 1. The van der Waals surface area contributed by atoms with E-state index in [4.69, 9.17) is 4.99 Å². The molecule has 0 aliphatic carbocycles. The van der Waals surface area contributed by atoms with Crippen molar-refractivity contribution in [2.75, 3.05) is 57.3 Å². The van der Waals surface area contributed by atoms with Crippen molar-refractivity contribution >= 4 is 11.8 Å². The van der Waals surface area contributed by atoms with Crippen LogP contribution >= 0.6 is 0 Å². The summed E-state index contributed by atoms with van der Waals surface area (Å²) in [7, 11) is 0. The number of aliphatic imine (C=N–C) groups is 1. The lowest BCUT2D eigenvalue weighted by Crippen LogP contribution is -2.46. The quantitative estimate of drug-likeness (QED) is 0.597. The molecule has 0 bridgehead atoms. The molecule has 0 amide bonds. The average Bonchev–Trinajstić information content (AvgIpc) is 3.11. The largest absolute Gasteiger partial charge is 0.391 e. The topological polar surface area (TPSA) is 67.2 Å². The molecule has 2 aliphatic heterocycles. The van der Waals surface area contributed by atoms with Gasteiger partial charge in [0, 0.05) is 52.0 Å². The van der Waals surface area contributed by atoms with Crippen LogP contribution in [0.25, 0.3) is 0 Å². The summed E-state index contributed by atoms with van der Waals surface area (Å²) in [6.07, 6.45) is 2.46. The molecule has 2 saturated heterocycles. The third kappa shape index (κ3) is 4.86. The highest BCUT2D eigenvalue weighted by Gasteiger charge is 2.23. The van der Waals surface area contributed by atoms with Crippen LogP contribution in [0.3, 0.4) is 0 Å². The van der Waals surface area contributed by atoms with Gasteiger partial charge in [-0.3, -0.25) is 0 Å². The second-order valence-electron chi connectivity index (χ2n) is 7.00. The molecule has 2 aliphatic rings. The van der Waals surface area contributed by atoms with Crippen LogP contribution in [0.15, 0.2) is 23.3 Å². The Morgan fingerprint density at radius 2 is 2.08 bits per heavy atom. The van der Waals surface area contributed by atoms with Gasteiger partial charge in [0.05, 0.1) is 12.6 Å². The molecule has 1 atom stereocenters. The van der Waals surface area contributed by atoms with E-state index in [0.29, 0.717) is 13.1 Å². The van der Waals surface area contributed by atoms with Crippen molar-refractivity contribution < 1.29 is 5.11 Å². The highest BCUT2D eigenvalue weighted by Crippen LogP contribution is 2.16. The van der Waals surface area contributed by atoms with E-state index < -0.39 is 0 Å². The van der Waals surface area contributed by atoms with Crippen LogP contribution in [0.4, 0.5) is 5.82 Å². The summed E-state index contributed by atoms with van der Waals surface area (Å²) in [6, 6.07) is 4.20. The molecule has 1 aromatic heterocycles. The summed E-state index contributed by atoms with van der Waals surface area (Å²) in [5, 5.41) is 13.1. The van der Waals surface area contributed by atoms with Crippen LogP contribution in [0.1, 0.15) is 25.8 Å². The number of aliphatic hydroxyl groups is 1. The van der Waals surface area contributed by atoms with Gasteiger partial charge in [0.2, 0.25) is 0 Å². The zero-order valence-corrected chi connectivity index (χ0v) is 16.1. The van der Waals surface area contributed by atoms with E-state index in [1.807, 2.05) is 12.3 Å². The van der Waals surface area contributed by atoms with E-state index in [0.717, 1.165) is 64.0 Å². The highest BCUT2D eigenvalue weighted by molar-refractivity contribution is 5.80. The summed E-state index contributed by atoms with van der Waals surface area (Å²) in [5.74, 6) is 1.94. The van der Waals surface area contributed by atoms with Gasteiger partial charge in [-0.25, -0.2) is 9.98 Å². The fourth-order valence-corrected chi connectivity index (χ4v) is 3.55. The fraction of sp³-hybridized carbons (Fsp3) is 0.684. The number of aliphatic hydroxyl groups excluding tert-OH is 1. The minimum Gasteiger partial charge on any atom is -0.391 e. The van der Waals surface area contributed by atoms with Gasteiger partial charge in [-0.15, -0.1) is 0 Å². The van der Waals surface area contributed by atoms with Gasteiger partial charge in [0.25, 0.3) is 0 Å². The Morgan fingerprint density at radius 3 is 2.73 bits per heavy atom. The first-order chi connectivity index (χ1) is 12.7. The molecule has 0 unspecified atom stereocenters. The Labute approximate surface area is 156 Å². The van der Waals surface area contributed by atoms with Crippen LogP contribution in [-0.4, -0.2) is 84.3 Å². The number of hydrogen-bond donors (Lipinski definition) is 2. The van der Waals surface area contributed by atoms with Crippen molar-refractivity contribution in [2.45, 2.75) is 32.9 Å². The lowest BCUT2D eigenvalue weighted by Gasteiger charge is -2.34. The van der Waals surface area contributed by atoms with E-state index in [1.54, 1.807) is 0 Å². The molecular weight excluding hydrogens is 328 g/mol. The lowest BCUT2D eigenvalue weighted by molar-refractivity contribution is 0.188. The molecule has 7 heteroatoms. The number of hydrogen-bond acceptors (Lipinski definition) is 5. The van der Waals surface area contributed by atoms with Crippen LogP contribution in [0.2, 0.25) is 0 Å². The number of rotatable bonds is 5. The maximum absolute atomic E-state index is 9.78. The minimum atomic E-state index is -0.242. The molecule has 2 fully saturated rings. The van der Waals surface area contributed by atoms with Gasteiger partial charge in [0.1, 0.15) is 5.82 Å². The summed E-state index contributed by atoms with van der Waals surface area (Å²) >= 11 is 0. The molecule has 3 heterocycles. The first-order valence-electron chi connectivity index (χ1n) is 9.83. The molecule has 0 saturated carbocycles. The normalized spacial score (nSPS) is 22.1. The monoisotopic (exact) mass is 360 g/mol. The molecule has 2 N–H and O–H groups in total. The van der Waals surface area contributed by atoms with Crippen molar-refractivity contribution in [1.29, 1.82) is 0 Å². The lowest BCUT2D eigenvalue weighted by atomic mass is 10.2.